The van der Waals surface area contributed by atoms with Crippen molar-refractivity contribution >= 4 is 5.91 Å². The van der Waals surface area contributed by atoms with Gasteiger partial charge < -0.3 is 5.43 Å². The van der Waals surface area contributed by atoms with Crippen molar-refractivity contribution in [1.29, 1.82) is 0 Å². The molecule has 1 N–H and O–H groups in total. The van der Waals surface area contributed by atoms with Gasteiger partial charge in [-0.15, -0.1) is 0 Å². The first-order valence-electron chi connectivity index (χ1n) is 4.03. The summed E-state index contributed by atoms with van der Waals surface area (Å²) in [6, 6.07) is 0.422. The summed E-state index contributed by atoms with van der Waals surface area (Å²) in [6.45, 7) is 1.99. The number of amides is 1. The molecule has 2 heterocycles. The number of allylic oxidation sites excluding steroid dienone is 1. The first-order chi connectivity index (χ1) is 5.27. The minimum absolute atomic E-state index is 0.238. The third-order valence-corrected chi connectivity index (χ3v) is 2.32. The summed E-state index contributed by atoms with van der Waals surface area (Å²) in [6.07, 6.45) is 4.89. The molecule has 3 nitrogen and oxygen atoms in total. The predicted octanol–water partition coefficient (Wildman–Crippen LogP) is 0.790. The number of rotatable bonds is 0. The summed E-state index contributed by atoms with van der Waals surface area (Å²) in [4.78, 5) is 11.2. The minimum Gasteiger partial charge on any atom is -0.301 e. The van der Waals surface area contributed by atoms with Crippen LogP contribution in [0.2, 0.25) is 0 Å². The van der Waals surface area contributed by atoms with E-state index in [9.17, 15) is 4.79 Å². The van der Waals surface area contributed by atoms with Crippen LogP contribution in [0.15, 0.2) is 11.8 Å². The van der Waals surface area contributed by atoms with E-state index in [-0.39, 0.29) is 5.91 Å². The van der Waals surface area contributed by atoms with Crippen molar-refractivity contribution in [3.05, 3.63) is 11.8 Å². The molecule has 2 rings (SSSR count). The lowest BCUT2D eigenvalue weighted by atomic mass is 10.1. The quantitative estimate of drug-likeness (QED) is 0.556. The van der Waals surface area contributed by atoms with E-state index in [0.29, 0.717) is 12.5 Å². The Hall–Kier alpha value is -0.990. The Morgan fingerprint density at radius 3 is 3.36 bits per heavy atom. The minimum atomic E-state index is 0.238. The molecule has 1 atom stereocenters. The monoisotopic (exact) mass is 152 g/mol. The van der Waals surface area contributed by atoms with Gasteiger partial charge in [0, 0.05) is 12.1 Å². The van der Waals surface area contributed by atoms with Crippen LogP contribution in [0.4, 0.5) is 0 Å². The van der Waals surface area contributed by atoms with Crippen molar-refractivity contribution in [2.75, 3.05) is 0 Å². The fourth-order valence-electron chi connectivity index (χ4n) is 1.67. The van der Waals surface area contributed by atoms with Gasteiger partial charge in [0.1, 0.15) is 0 Å². The lowest BCUT2D eigenvalue weighted by Gasteiger charge is -2.29. The Balaban J connectivity index is 2.17. The van der Waals surface area contributed by atoms with E-state index < -0.39 is 0 Å². The van der Waals surface area contributed by atoms with E-state index >= 15 is 0 Å². The second kappa shape index (κ2) is 2.26. The molecule has 0 aromatic rings. The van der Waals surface area contributed by atoms with Crippen LogP contribution in [0, 0.1) is 0 Å². The average Bonchev–Trinajstić information content (AvgIpc) is 2.33. The van der Waals surface area contributed by atoms with Crippen LogP contribution in [-0.4, -0.2) is 17.0 Å². The maximum Gasteiger partial charge on any atom is 0.241 e. The highest BCUT2D eigenvalue weighted by atomic mass is 16.2. The van der Waals surface area contributed by atoms with E-state index in [2.05, 4.69) is 11.5 Å². The molecule has 60 valence electrons. The fourth-order valence-corrected chi connectivity index (χ4v) is 1.67. The summed E-state index contributed by atoms with van der Waals surface area (Å²) >= 11 is 0. The van der Waals surface area contributed by atoms with Crippen LogP contribution in [0.5, 0.6) is 0 Å². The zero-order valence-corrected chi connectivity index (χ0v) is 6.63. The Morgan fingerprint density at radius 2 is 2.55 bits per heavy atom. The molecule has 0 aliphatic carbocycles. The van der Waals surface area contributed by atoms with E-state index in [0.717, 1.165) is 18.5 Å². The van der Waals surface area contributed by atoms with Crippen molar-refractivity contribution in [3.8, 4) is 0 Å². The summed E-state index contributed by atoms with van der Waals surface area (Å²) in [5.41, 5.74) is 4.17. The molecule has 0 aromatic heterocycles. The second-order valence-electron chi connectivity index (χ2n) is 3.19. The van der Waals surface area contributed by atoms with Crippen molar-refractivity contribution in [2.45, 2.75) is 32.2 Å². The number of nitrogens with zero attached hydrogens (tertiary/aromatic N) is 1. The molecular formula is C8H12N2O. The average molecular weight is 152 g/mol. The Morgan fingerprint density at radius 1 is 1.73 bits per heavy atom. The lowest BCUT2D eigenvalue weighted by Crippen LogP contribution is -2.45. The predicted molar refractivity (Wildman–Crippen MR) is 41.4 cm³/mol. The van der Waals surface area contributed by atoms with Crippen LogP contribution in [0.3, 0.4) is 0 Å². The number of hydrazine groups is 1. The molecule has 0 radical (unpaired) electrons. The largest absolute Gasteiger partial charge is 0.301 e. The number of hydrogen-bond acceptors (Lipinski definition) is 2. The highest BCUT2D eigenvalue weighted by Gasteiger charge is 2.32. The molecular weight excluding hydrogens is 140 g/mol. The van der Waals surface area contributed by atoms with Gasteiger partial charge in [0.15, 0.2) is 0 Å². The topological polar surface area (TPSA) is 32.3 Å². The summed E-state index contributed by atoms with van der Waals surface area (Å²) < 4.78 is 0. The van der Waals surface area contributed by atoms with Gasteiger partial charge in [0.2, 0.25) is 5.91 Å². The number of carbonyl (C=O) groups is 1. The zero-order valence-electron chi connectivity index (χ0n) is 6.63. The van der Waals surface area contributed by atoms with E-state index in [1.54, 1.807) is 5.01 Å². The van der Waals surface area contributed by atoms with Gasteiger partial charge >= 0.3 is 0 Å². The van der Waals surface area contributed by atoms with Crippen LogP contribution >= 0.6 is 0 Å². The van der Waals surface area contributed by atoms with Crippen molar-refractivity contribution in [3.63, 3.8) is 0 Å². The van der Waals surface area contributed by atoms with Crippen LogP contribution in [0.1, 0.15) is 26.2 Å². The lowest BCUT2D eigenvalue weighted by molar-refractivity contribution is -0.131. The normalized spacial score (nSPS) is 29.5. The highest BCUT2D eigenvalue weighted by molar-refractivity contribution is 5.78. The van der Waals surface area contributed by atoms with Gasteiger partial charge in [0.25, 0.3) is 0 Å². The molecule has 1 unspecified atom stereocenters. The molecule has 2 aliphatic rings. The Bertz CT molecular complexity index is 222. The fraction of sp³-hybridized carbons (Fsp3) is 0.625. The molecule has 1 amide bonds. The van der Waals surface area contributed by atoms with Gasteiger partial charge in [-0.25, -0.2) is 0 Å². The van der Waals surface area contributed by atoms with E-state index in [4.69, 9.17) is 0 Å². The van der Waals surface area contributed by atoms with E-state index in [1.165, 1.54) is 0 Å². The number of fused-ring (bicyclic) bond motifs is 1. The molecule has 0 saturated carbocycles. The molecule has 0 spiro atoms. The first-order valence-corrected chi connectivity index (χ1v) is 4.03. The zero-order chi connectivity index (χ0) is 7.84. The first kappa shape index (κ1) is 6.70. The van der Waals surface area contributed by atoms with E-state index in [1.807, 2.05) is 6.92 Å². The molecule has 0 aromatic carbocycles. The smallest absolute Gasteiger partial charge is 0.241 e. The standard InChI is InChI=1S/C8H12N2O/c1-6-2-3-7-4-5-8(11)10(7)9-6/h2,7,9H,3-5H2,1H3. The third kappa shape index (κ3) is 1.00. The summed E-state index contributed by atoms with van der Waals surface area (Å²) in [5.74, 6) is 0.238. The maximum atomic E-state index is 11.2. The Labute approximate surface area is 66.0 Å². The summed E-state index contributed by atoms with van der Waals surface area (Å²) in [5, 5.41) is 1.77. The molecule has 0 bridgehead atoms. The SMILES string of the molecule is CC1=CCC2CCC(=O)N2N1. The van der Waals surface area contributed by atoms with Gasteiger partial charge in [0.05, 0.1) is 6.04 Å². The van der Waals surface area contributed by atoms with Gasteiger partial charge in [-0.1, -0.05) is 6.08 Å². The molecule has 2 aliphatic heterocycles. The van der Waals surface area contributed by atoms with Crippen LogP contribution < -0.4 is 5.43 Å². The third-order valence-electron chi connectivity index (χ3n) is 2.32. The number of hydrogen-bond donors (Lipinski definition) is 1. The van der Waals surface area contributed by atoms with Gasteiger partial charge in [-0.05, 0) is 19.8 Å². The Kier molecular flexibility index (Phi) is 1.37. The molecule has 3 heteroatoms. The van der Waals surface area contributed by atoms with Crippen LogP contribution in [-0.2, 0) is 4.79 Å². The van der Waals surface area contributed by atoms with Gasteiger partial charge in [-0.3, -0.25) is 9.80 Å². The van der Waals surface area contributed by atoms with Crippen molar-refractivity contribution in [2.24, 2.45) is 0 Å². The second-order valence-corrected chi connectivity index (χ2v) is 3.19. The number of carbonyl (C=O) groups excluding carboxylic acids is 1. The highest BCUT2D eigenvalue weighted by Crippen LogP contribution is 2.23. The molecule has 1 fully saturated rings. The van der Waals surface area contributed by atoms with Crippen molar-refractivity contribution < 1.29 is 4.79 Å². The number of nitrogens with one attached hydrogen (secondary N) is 1. The van der Waals surface area contributed by atoms with Crippen molar-refractivity contribution in [1.82, 2.24) is 10.4 Å². The molecule has 1 saturated heterocycles. The molecule has 11 heavy (non-hydrogen) atoms. The van der Waals surface area contributed by atoms with Crippen LogP contribution in [0.25, 0.3) is 0 Å². The van der Waals surface area contributed by atoms with Gasteiger partial charge in [-0.2, -0.15) is 0 Å². The maximum absolute atomic E-state index is 11.2. The summed E-state index contributed by atoms with van der Waals surface area (Å²) in [7, 11) is 0.